The molecule has 1 amide bonds. The van der Waals surface area contributed by atoms with E-state index in [1.54, 1.807) is 50.2 Å². The van der Waals surface area contributed by atoms with Crippen LogP contribution >= 0.6 is 11.6 Å². The van der Waals surface area contributed by atoms with E-state index < -0.39 is 5.60 Å². The molecule has 2 aromatic rings. The first-order valence-electron chi connectivity index (χ1n) is 8.38. The summed E-state index contributed by atoms with van der Waals surface area (Å²) in [6.45, 7) is 4.21. The second-order valence-electron chi connectivity index (χ2n) is 6.77. The average Bonchev–Trinajstić information content (AvgIpc) is 3.06. The fourth-order valence-corrected chi connectivity index (χ4v) is 3.35. The number of rotatable bonds is 4. The third-order valence-corrected chi connectivity index (χ3v) is 4.72. The van der Waals surface area contributed by atoms with Crippen LogP contribution in [0.3, 0.4) is 0 Å². The highest BCUT2D eigenvalue weighted by Crippen LogP contribution is 2.34. The Morgan fingerprint density at radius 3 is 2.44 bits per heavy atom. The number of halogens is 2. The van der Waals surface area contributed by atoms with Gasteiger partial charge in [-0.2, -0.15) is 0 Å². The number of carbonyl (C=O) groups is 1. The van der Waals surface area contributed by atoms with Crippen molar-refractivity contribution in [2.24, 2.45) is 0 Å². The van der Waals surface area contributed by atoms with Crippen LogP contribution in [0.15, 0.2) is 48.5 Å². The molecule has 0 spiro atoms. The molecule has 1 aliphatic rings. The monoisotopic (exact) mass is 361 g/mol. The molecule has 1 fully saturated rings. The van der Waals surface area contributed by atoms with Gasteiger partial charge in [0.05, 0.1) is 6.04 Å². The lowest BCUT2D eigenvalue weighted by molar-refractivity contribution is -0.146. The molecule has 0 bridgehead atoms. The van der Waals surface area contributed by atoms with Crippen LogP contribution in [0.5, 0.6) is 5.75 Å². The van der Waals surface area contributed by atoms with E-state index in [9.17, 15) is 9.18 Å². The summed E-state index contributed by atoms with van der Waals surface area (Å²) in [5, 5.41) is 0.618. The van der Waals surface area contributed by atoms with Gasteiger partial charge in [-0.15, -0.1) is 0 Å². The van der Waals surface area contributed by atoms with Crippen LogP contribution in [0.2, 0.25) is 5.02 Å². The van der Waals surface area contributed by atoms with Gasteiger partial charge in [0, 0.05) is 11.6 Å². The van der Waals surface area contributed by atoms with Crippen LogP contribution in [0, 0.1) is 5.82 Å². The maximum Gasteiger partial charge on any atom is 0.266 e. The fourth-order valence-electron chi connectivity index (χ4n) is 3.23. The zero-order valence-corrected chi connectivity index (χ0v) is 15.1. The molecular weight excluding hydrogens is 341 g/mol. The summed E-state index contributed by atoms with van der Waals surface area (Å²) >= 11 is 5.89. The molecule has 1 unspecified atom stereocenters. The lowest BCUT2D eigenvalue weighted by Crippen LogP contribution is -2.48. The molecule has 0 radical (unpaired) electrons. The van der Waals surface area contributed by atoms with Gasteiger partial charge in [0.1, 0.15) is 11.6 Å². The minimum absolute atomic E-state index is 0.0406. The molecule has 132 valence electrons. The molecule has 0 saturated carbocycles. The van der Waals surface area contributed by atoms with Crippen LogP contribution in [-0.4, -0.2) is 23.0 Å². The van der Waals surface area contributed by atoms with Crippen molar-refractivity contribution >= 4 is 17.5 Å². The van der Waals surface area contributed by atoms with E-state index in [0.717, 1.165) is 18.4 Å². The number of nitrogens with zero attached hydrogens (tertiary/aromatic N) is 1. The molecule has 25 heavy (non-hydrogen) atoms. The minimum atomic E-state index is -1.00. The van der Waals surface area contributed by atoms with Gasteiger partial charge in [0.25, 0.3) is 5.91 Å². The fraction of sp³-hybridized carbons (Fsp3) is 0.350. The van der Waals surface area contributed by atoms with Crippen molar-refractivity contribution in [1.82, 2.24) is 4.90 Å². The molecule has 0 aromatic heterocycles. The standard InChI is InChI=1S/C20H21ClFNO2/c1-20(2,25-17-11-7-15(21)8-12-17)19(24)23-13-3-4-18(23)14-5-9-16(22)10-6-14/h5-12,18H,3-4,13H2,1-2H3. The zero-order valence-electron chi connectivity index (χ0n) is 14.3. The van der Waals surface area contributed by atoms with Crippen LogP contribution < -0.4 is 4.74 Å². The minimum Gasteiger partial charge on any atom is -0.478 e. The largest absolute Gasteiger partial charge is 0.478 e. The first-order valence-corrected chi connectivity index (χ1v) is 8.76. The Balaban J connectivity index is 1.77. The van der Waals surface area contributed by atoms with E-state index in [4.69, 9.17) is 16.3 Å². The number of carbonyl (C=O) groups excluding carboxylic acids is 1. The second kappa shape index (κ2) is 7.04. The van der Waals surface area contributed by atoms with E-state index in [2.05, 4.69) is 0 Å². The first-order chi connectivity index (χ1) is 11.9. The number of benzene rings is 2. The Kier molecular flexibility index (Phi) is 5.00. The van der Waals surface area contributed by atoms with Gasteiger partial charge in [-0.05, 0) is 68.7 Å². The van der Waals surface area contributed by atoms with Gasteiger partial charge in [0.15, 0.2) is 5.60 Å². The molecule has 2 aromatic carbocycles. The molecule has 1 aliphatic heterocycles. The molecule has 0 N–H and O–H groups in total. The molecule has 0 aliphatic carbocycles. The molecule has 1 atom stereocenters. The topological polar surface area (TPSA) is 29.5 Å². The van der Waals surface area contributed by atoms with Crippen molar-refractivity contribution in [1.29, 1.82) is 0 Å². The van der Waals surface area contributed by atoms with Crippen molar-refractivity contribution in [2.45, 2.75) is 38.3 Å². The predicted molar refractivity (Wildman–Crippen MR) is 96.2 cm³/mol. The van der Waals surface area contributed by atoms with Crippen molar-refractivity contribution in [2.75, 3.05) is 6.54 Å². The summed E-state index contributed by atoms with van der Waals surface area (Å²) in [6.07, 6.45) is 1.79. The number of hydrogen-bond acceptors (Lipinski definition) is 2. The molecule has 3 nitrogen and oxygen atoms in total. The maximum absolute atomic E-state index is 13.2. The number of amides is 1. The zero-order chi connectivity index (χ0) is 18.0. The molecule has 1 saturated heterocycles. The Labute approximate surface area is 152 Å². The molecule has 1 heterocycles. The lowest BCUT2D eigenvalue weighted by atomic mass is 10.0. The van der Waals surface area contributed by atoms with E-state index in [1.165, 1.54) is 12.1 Å². The number of likely N-dealkylation sites (tertiary alicyclic amines) is 1. The van der Waals surface area contributed by atoms with Gasteiger partial charge in [-0.25, -0.2) is 4.39 Å². The summed E-state index contributed by atoms with van der Waals surface area (Å²) in [6, 6.07) is 13.3. The summed E-state index contributed by atoms with van der Waals surface area (Å²) in [4.78, 5) is 14.9. The van der Waals surface area contributed by atoms with Crippen molar-refractivity contribution in [3.63, 3.8) is 0 Å². The van der Waals surface area contributed by atoms with Gasteiger partial charge >= 0.3 is 0 Å². The Morgan fingerprint density at radius 1 is 1.16 bits per heavy atom. The van der Waals surface area contributed by atoms with Gasteiger partial charge in [-0.3, -0.25) is 4.79 Å². The Bertz CT molecular complexity index is 743. The average molecular weight is 362 g/mol. The van der Waals surface area contributed by atoms with Gasteiger partial charge < -0.3 is 9.64 Å². The SMILES string of the molecule is CC(C)(Oc1ccc(Cl)cc1)C(=O)N1CCCC1c1ccc(F)cc1. The van der Waals surface area contributed by atoms with Crippen molar-refractivity contribution < 1.29 is 13.9 Å². The Hall–Kier alpha value is -2.07. The van der Waals surface area contributed by atoms with E-state index in [-0.39, 0.29) is 17.8 Å². The van der Waals surface area contributed by atoms with Crippen LogP contribution in [-0.2, 0) is 4.79 Å². The van der Waals surface area contributed by atoms with Crippen molar-refractivity contribution in [3.05, 3.63) is 64.9 Å². The smallest absolute Gasteiger partial charge is 0.266 e. The number of ether oxygens (including phenoxy) is 1. The first kappa shape index (κ1) is 17.7. The van der Waals surface area contributed by atoms with Crippen LogP contribution in [0.1, 0.15) is 38.3 Å². The maximum atomic E-state index is 13.2. The Morgan fingerprint density at radius 2 is 1.80 bits per heavy atom. The van der Waals surface area contributed by atoms with Crippen molar-refractivity contribution in [3.8, 4) is 5.75 Å². The van der Waals surface area contributed by atoms with Crippen LogP contribution in [0.4, 0.5) is 4.39 Å². The highest BCUT2D eigenvalue weighted by atomic mass is 35.5. The highest BCUT2D eigenvalue weighted by molar-refractivity contribution is 6.30. The number of hydrogen-bond donors (Lipinski definition) is 0. The second-order valence-corrected chi connectivity index (χ2v) is 7.21. The molecule has 5 heteroatoms. The molecule has 3 rings (SSSR count). The summed E-state index contributed by atoms with van der Waals surface area (Å²) in [7, 11) is 0. The van der Waals surface area contributed by atoms with Crippen LogP contribution in [0.25, 0.3) is 0 Å². The summed E-state index contributed by atoms with van der Waals surface area (Å²) in [5.41, 5.74) is -0.0502. The predicted octanol–water partition coefficient (Wildman–Crippen LogP) is 5.00. The quantitative estimate of drug-likeness (QED) is 0.766. The van der Waals surface area contributed by atoms with Gasteiger partial charge in [0.2, 0.25) is 0 Å². The third kappa shape index (κ3) is 3.96. The van der Waals surface area contributed by atoms with Gasteiger partial charge in [-0.1, -0.05) is 23.7 Å². The lowest BCUT2D eigenvalue weighted by Gasteiger charge is -2.33. The van der Waals surface area contributed by atoms with E-state index in [1.807, 2.05) is 4.90 Å². The summed E-state index contributed by atoms with van der Waals surface area (Å²) in [5.74, 6) is 0.251. The highest BCUT2D eigenvalue weighted by Gasteiger charge is 2.40. The molecular formula is C20H21ClFNO2. The third-order valence-electron chi connectivity index (χ3n) is 4.47. The summed E-state index contributed by atoms with van der Waals surface area (Å²) < 4.78 is 19.1. The van der Waals surface area contributed by atoms with E-state index >= 15 is 0 Å². The normalized spacial score (nSPS) is 17.6. The van der Waals surface area contributed by atoms with E-state index in [0.29, 0.717) is 17.3 Å².